The minimum atomic E-state index is -1.19. The molecule has 0 saturated carbocycles. The van der Waals surface area contributed by atoms with Gasteiger partial charge in [-0.25, -0.2) is 0 Å². The second-order valence-corrected chi connectivity index (χ2v) is 5.39. The molecule has 0 bridgehead atoms. The number of Topliss-reactive ketones (excluding diaryl/α,β-unsaturated/α-hetero) is 1. The van der Waals surface area contributed by atoms with Crippen LogP contribution in [0.2, 0.25) is 0 Å². The van der Waals surface area contributed by atoms with E-state index in [4.69, 9.17) is 4.74 Å². The van der Waals surface area contributed by atoms with Gasteiger partial charge in [0.2, 0.25) is 5.91 Å². The van der Waals surface area contributed by atoms with Gasteiger partial charge in [0.1, 0.15) is 5.41 Å². The minimum Gasteiger partial charge on any atom is -0.465 e. The Morgan fingerprint density at radius 3 is 2.58 bits per heavy atom. The van der Waals surface area contributed by atoms with Crippen LogP contribution in [0.15, 0.2) is 0 Å². The molecule has 19 heavy (non-hydrogen) atoms. The van der Waals surface area contributed by atoms with Crippen LogP contribution in [-0.2, 0) is 19.1 Å². The van der Waals surface area contributed by atoms with Crippen LogP contribution in [0.5, 0.6) is 0 Å². The van der Waals surface area contributed by atoms with Crippen LogP contribution >= 0.6 is 0 Å². The van der Waals surface area contributed by atoms with Crippen molar-refractivity contribution < 1.29 is 19.1 Å². The third kappa shape index (κ3) is 4.04. The lowest BCUT2D eigenvalue weighted by Crippen LogP contribution is -2.44. The third-order valence-corrected chi connectivity index (χ3v) is 3.49. The predicted octanol–water partition coefficient (Wildman–Crippen LogP) is 1.55. The monoisotopic (exact) mass is 269 g/mol. The Balaban J connectivity index is 2.66. The van der Waals surface area contributed by atoms with Crippen LogP contribution in [0.25, 0.3) is 0 Å². The van der Waals surface area contributed by atoms with E-state index >= 15 is 0 Å². The first-order chi connectivity index (χ1) is 8.89. The Morgan fingerprint density at radius 1 is 1.26 bits per heavy atom. The zero-order chi connectivity index (χ0) is 14.5. The molecule has 0 atom stereocenters. The van der Waals surface area contributed by atoms with Gasteiger partial charge < -0.3 is 9.64 Å². The fourth-order valence-corrected chi connectivity index (χ4v) is 2.00. The molecule has 1 fully saturated rings. The molecule has 1 aliphatic heterocycles. The summed E-state index contributed by atoms with van der Waals surface area (Å²) < 4.78 is 4.91. The SMILES string of the molecule is CCOC(=O)C(C)(C)C(=O)CN1CCCCCC1=O. The smallest absolute Gasteiger partial charge is 0.319 e. The molecule has 1 saturated heterocycles. The normalized spacial score (nSPS) is 17.0. The lowest BCUT2D eigenvalue weighted by molar-refractivity contribution is -0.159. The highest BCUT2D eigenvalue weighted by Crippen LogP contribution is 2.21. The zero-order valence-corrected chi connectivity index (χ0v) is 12.0. The molecule has 0 radical (unpaired) electrons. The number of ether oxygens (including phenoxy) is 1. The summed E-state index contributed by atoms with van der Waals surface area (Å²) in [4.78, 5) is 37.4. The molecule has 1 aliphatic rings. The molecule has 5 heteroatoms. The Morgan fingerprint density at radius 2 is 1.95 bits per heavy atom. The van der Waals surface area contributed by atoms with Crippen molar-refractivity contribution in [1.82, 2.24) is 4.90 Å². The van der Waals surface area contributed by atoms with Gasteiger partial charge in [-0.1, -0.05) is 6.42 Å². The van der Waals surface area contributed by atoms with Gasteiger partial charge in [0.05, 0.1) is 13.2 Å². The zero-order valence-electron chi connectivity index (χ0n) is 12.0. The van der Waals surface area contributed by atoms with Crippen molar-refractivity contribution in [2.24, 2.45) is 5.41 Å². The van der Waals surface area contributed by atoms with E-state index < -0.39 is 11.4 Å². The molecule has 0 N–H and O–H groups in total. The molecular weight excluding hydrogens is 246 g/mol. The first kappa shape index (κ1) is 15.7. The highest BCUT2D eigenvalue weighted by Gasteiger charge is 2.38. The van der Waals surface area contributed by atoms with Gasteiger partial charge in [-0.15, -0.1) is 0 Å². The van der Waals surface area contributed by atoms with Gasteiger partial charge in [0, 0.05) is 13.0 Å². The molecule has 0 aromatic carbocycles. The van der Waals surface area contributed by atoms with Gasteiger partial charge in [-0.3, -0.25) is 14.4 Å². The summed E-state index contributed by atoms with van der Waals surface area (Å²) in [5.41, 5.74) is -1.19. The quantitative estimate of drug-likeness (QED) is 0.561. The number of hydrogen-bond acceptors (Lipinski definition) is 4. The first-order valence-corrected chi connectivity index (χ1v) is 6.88. The molecule has 108 valence electrons. The Labute approximate surface area is 114 Å². The van der Waals surface area contributed by atoms with Gasteiger partial charge in [-0.05, 0) is 33.6 Å². The number of rotatable bonds is 5. The van der Waals surface area contributed by atoms with Crippen molar-refractivity contribution in [3.8, 4) is 0 Å². The Bertz CT molecular complexity index is 362. The Kier molecular flexibility index (Phi) is 5.51. The summed E-state index contributed by atoms with van der Waals surface area (Å²) in [7, 11) is 0. The minimum absolute atomic E-state index is 0.00461. The van der Waals surface area contributed by atoms with Crippen LogP contribution in [0, 0.1) is 5.41 Å². The maximum atomic E-state index is 12.2. The average molecular weight is 269 g/mol. The van der Waals surface area contributed by atoms with E-state index in [0.717, 1.165) is 19.3 Å². The first-order valence-electron chi connectivity index (χ1n) is 6.88. The maximum Gasteiger partial charge on any atom is 0.319 e. The molecule has 1 rings (SSSR count). The van der Waals surface area contributed by atoms with Crippen molar-refractivity contribution in [3.05, 3.63) is 0 Å². The number of carbonyl (C=O) groups is 3. The van der Waals surface area contributed by atoms with Crippen molar-refractivity contribution in [2.75, 3.05) is 19.7 Å². The number of amides is 1. The largest absolute Gasteiger partial charge is 0.465 e. The van der Waals surface area contributed by atoms with Crippen LogP contribution in [0.3, 0.4) is 0 Å². The highest BCUT2D eigenvalue weighted by atomic mass is 16.5. The molecule has 0 spiro atoms. The van der Waals surface area contributed by atoms with Gasteiger partial charge >= 0.3 is 5.97 Å². The lowest BCUT2D eigenvalue weighted by Gasteiger charge is -2.26. The maximum absolute atomic E-state index is 12.2. The predicted molar refractivity (Wildman–Crippen MR) is 70.5 cm³/mol. The van der Waals surface area contributed by atoms with E-state index in [1.54, 1.807) is 25.7 Å². The standard InChI is InChI=1S/C14H23NO4/c1-4-19-13(18)14(2,3)11(16)10-15-9-7-5-6-8-12(15)17/h4-10H2,1-3H3. The van der Waals surface area contributed by atoms with Crippen LogP contribution in [-0.4, -0.2) is 42.3 Å². The van der Waals surface area contributed by atoms with Gasteiger partial charge in [0.15, 0.2) is 5.78 Å². The summed E-state index contributed by atoms with van der Waals surface area (Å²) in [5, 5.41) is 0. The number of nitrogens with zero attached hydrogens (tertiary/aromatic N) is 1. The Hall–Kier alpha value is -1.39. The van der Waals surface area contributed by atoms with E-state index in [0.29, 0.717) is 13.0 Å². The van der Waals surface area contributed by atoms with Crippen LogP contribution in [0.1, 0.15) is 46.5 Å². The summed E-state index contributed by atoms with van der Waals surface area (Å²) >= 11 is 0. The summed E-state index contributed by atoms with van der Waals surface area (Å²) in [6.07, 6.45) is 3.30. The summed E-state index contributed by atoms with van der Waals surface area (Å²) in [6.45, 7) is 5.66. The molecule has 1 amide bonds. The number of esters is 1. The van der Waals surface area contributed by atoms with Crippen molar-refractivity contribution in [3.63, 3.8) is 0 Å². The van der Waals surface area contributed by atoms with E-state index in [1.165, 1.54) is 0 Å². The van der Waals surface area contributed by atoms with Crippen molar-refractivity contribution in [2.45, 2.75) is 46.5 Å². The lowest BCUT2D eigenvalue weighted by atomic mass is 9.87. The topological polar surface area (TPSA) is 63.7 Å². The second-order valence-electron chi connectivity index (χ2n) is 5.39. The van der Waals surface area contributed by atoms with Crippen molar-refractivity contribution >= 4 is 17.7 Å². The second kappa shape index (κ2) is 6.68. The van der Waals surface area contributed by atoms with Gasteiger partial charge in [-0.2, -0.15) is 0 Å². The van der Waals surface area contributed by atoms with E-state index in [9.17, 15) is 14.4 Å². The molecule has 0 aliphatic carbocycles. The molecule has 5 nitrogen and oxygen atoms in total. The van der Waals surface area contributed by atoms with Crippen LogP contribution in [0.4, 0.5) is 0 Å². The highest BCUT2D eigenvalue weighted by molar-refractivity contribution is 6.04. The van der Waals surface area contributed by atoms with E-state index in [-0.39, 0.29) is 24.8 Å². The number of ketones is 1. The third-order valence-electron chi connectivity index (χ3n) is 3.49. The molecule has 0 aromatic rings. The molecule has 1 heterocycles. The molecular formula is C14H23NO4. The molecule has 0 unspecified atom stereocenters. The summed E-state index contributed by atoms with van der Waals surface area (Å²) in [5.74, 6) is -0.783. The number of likely N-dealkylation sites (tertiary alicyclic amines) is 1. The number of hydrogen-bond donors (Lipinski definition) is 0. The fourth-order valence-electron chi connectivity index (χ4n) is 2.00. The van der Waals surface area contributed by atoms with Crippen LogP contribution < -0.4 is 0 Å². The van der Waals surface area contributed by atoms with E-state index in [1.807, 2.05) is 0 Å². The van der Waals surface area contributed by atoms with E-state index in [2.05, 4.69) is 0 Å². The van der Waals surface area contributed by atoms with Gasteiger partial charge in [0.25, 0.3) is 0 Å². The number of carbonyl (C=O) groups excluding carboxylic acids is 3. The van der Waals surface area contributed by atoms with Crippen molar-refractivity contribution in [1.29, 1.82) is 0 Å². The summed E-state index contributed by atoms with van der Waals surface area (Å²) in [6, 6.07) is 0. The molecule has 0 aromatic heterocycles. The fraction of sp³-hybridized carbons (Fsp3) is 0.786. The average Bonchev–Trinajstić information content (AvgIpc) is 2.55.